The summed E-state index contributed by atoms with van der Waals surface area (Å²) in [5, 5.41) is 3.12. The van der Waals surface area contributed by atoms with E-state index in [1.807, 2.05) is 37.3 Å². The maximum Gasteiger partial charge on any atom is 0.278 e. The van der Waals surface area contributed by atoms with E-state index in [0.717, 1.165) is 0 Å². The van der Waals surface area contributed by atoms with Gasteiger partial charge in [-0.05, 0) is 24.1 Å². The smallest absolute Gasteiger partial charge is 0.278 e. The Balaban J connectivity index is 1.75. The van der Waals surface area contributed by atoms with Gasteiger partial charge in [0.25, 0.3) is 11.8 Å². The minimum Gasteiger partial charge on any atom is -0.454 e. The van der Waals surface area contributed by atoms with Crippen molar-refractivity contribution in [1.82, 2.24) is 4.90 Å². The number of nitrogens with zero attached hydrogens (tertiary/aromatic N) is 1. The van der Waals surface area contributed by atoms with E-state index in [0.29, 0.717) is 41.3 Å². The van der Waals surface area contributed by atoms with Crippen molar-refractivity contribution in [2.75, 3.05) is 18.7 Å². The van der Waals surface area contributed by atoms with Crippen LogP contribution in [0.5, 0.6) is 11.5 Å². The molecule has 0 unspecified atom stereocenters. The first-order valence-corrected chi connectivity index (χ1v) is 8.51. The molecule has 26 heavy (non-hydrogen) atoms. The zero-order chi connectivity index (χ0) is 18.1. The zero-order valence-corrected chi connectivity index (χ0v) is 14.3. The van der Waals surface area contributed by atoms with Crippen LogP contribution in [0.2, 0.25) is 0 Å². The summed E-state index contributed by atoms with van der Waals surface area (Å²) in [6.45, 7) is 2.50. The van der Waals surface area contributed by atoms with Crippen molar-refractivity contribution in [3.8, 4) is 11.5 Å². The fourth-order valence-electron chi connectivity index (χ4n) is 3.11. The van der Waals surface area contributed by atoms with Crippen molar-refractivity contribution in [2.24, 2.45) is 0 Å². The van der Waals surface area contributed by atoms with Gasteiger partial charge in [0.05, 0.1) is 5.57 Å². The first-order valence-electron chi connectivity index (χ1n) is 8.51. The number of hydrogen-bond acceptors (Lipinski definition) is 5. The Hall–Kier alpha value is -3.28. The maximum atomic E-state index is 12.9. The molecule has 0 aromatic heterocycles. The summed E-state index contributed by atoms with van der Waals surface area (Å²) in [6.07, 6.45) is 0.705. The summed E-state index contributed by atoms with van der Waals surface area (Å²) in [5.74, 6) is 0.688. The molecule has 2 aliphatic heterocycles. The summed E-state index contributed by atoms with van der Waals surface area (Å²) in [6, 6.07) is 14.6. The highest BCUT2D eigenvalue weighted by atomic mass is 16.7. The Morgan fingerprint density at radius 1 is 1.00 bits per heavy atom. The normalized spacial score (nSPS) is 15.8. The topological polar surface area (TPSA) is 67.9 Å². The van der Waals surface area contributed by atoms with Crippen molar-refractivity contribution in [2.45, 2.75) is 13.3 Å². The molecular weight excluding hydrogens is 332 g/mol. The first-order chi connectivity index (χ1) is 12.7. The van der Waals surface area contributed by atoms with Crippen LogP contribution in [0.3, 0.4) is 0 Å². The predicted molar refractivity (Wildman–Crippen MR) is 96.6 cm³/mol. The van der Waals surface area contributed by atoms with Gasteiger partial charge in [-0.15, -0.1) is 0 Å². The lowest BCUT2D eigenvalue weighted by atomic mass is 10.0. The second-order valence-corrected chi connectivity index (χ2v) is 6.07. The third-order valence-corrected chi connectivity index (χ3v) is 4.32. The van der Waals surface area contributed by atoms with Crippen LogP contribution in [0.25, 0.3) is 5.57 Å². The number of carbonyl (C=O) groups is 2. The van der Waals surface area contributed by atoms with Crippen molar-refractivity contribution in [1.29, 1.82) is 0 Å². The minimum absolute atomic E-state index is 0.179. The van der Waals surface area contributed by atoms with Gasteiger partial charge in [-0.3, -0.25) is 14.5 Å². The van der Waals surface area contributed by atoms with E-state index in [1.165, 1.54) is 4.90 Å². The fourth-order valence-corrected chi connectivity index (χ4v) is 3.11. The second kappa shape index (κ2) is 6.55. The average Bonchev–Trinajstić information content (AvgIpc) is 3.21. The Kier molecular flexibility index (Phi) is 4.08. The zero-order valence-electron chi connectivity index (χ0n) is 14.3. The standard InChI is InChI=1S/C20H18N2O4/c1-2-10-22-19(23)17(13-6-4-3-5-7-13)18(20(22)24)21-14-8-9-15-16(11-14)26-12-25-15/h3-9,11,21H,2,10,12H2,1H3. The van der Waals surface area contributed by atoms with Gasteiger partial charge in [0, 0.05) is 18.3 Å². The fraction of sp³-hybridized carbons (Fsp3) is 0.200. The molecule has 2 heterocycles. The minimum atomic E-state index is -0.312. The molecule has 0 saturated heterocycles. The predicted octanol–water partition coefficient (Wildman–Crippen LogP) is 3.02. The van der Waals surface area contributed by atoms with Gasteiger partial charge in [-0.2, -0.15) is 0 Å². The number of carbonyl (C=O) groups excluding carboxylic acids is 2. The van der Waals surface area contributed by atoms with Crippen LogP contribution in [0.15, 0.2) is 54.2 Å². The average molecular weight is 350 g/mol. The maximum absolute atomic E-state index is 12.9. The molecule has 1 N–H and O–H groups in total. The molecule has 6 nitrogen and oxygen atoms in total. The van der Waals surface area contributed by atoms with Gasteiger partial charge in [-0.25, -0.2) is 0 Å². The van der Waals surface area contributed by atoms with Crippen molar-refractivity contribution in [3.05, 3.63) is 59.8 Å². The third-order valence-electron chi connectivity index (χ3n) is 4.32. The van der Waals surface area contributed by atoms with Crippen LogP contribution in [-0.4, -0.2) is 30.1 Å². The van der Waals surface area contributed by atoms with Crippen molar-refractivity contribution >= 4 is 23.1 Å². The molecule has 0 atom stereocenters. The molecule has 132 valence electrons. The molecule has 0 bridgehead atoms. The SMILES string of the molecule is CCCN1C(=O)C(Nc2ccc3c(c2)OCO3)=C(c2ccccc2)C1=O. The Morgan fingerprint density at radius 2 is 1.77 bits per heavy atom. The van der Waals surface area contributed by atoms with E-state index < -0.39 is 0 Å². The van der Waals surface area contributed by atoms with Gasteiger partial charge in [-0.1, -0.05) is 37.3 Å². The van der Waals surface area contributed by atoms with Crippen molar-refractivity contribution < 1.29 is 19.1 Å². The number of imide groups is 1. The molecule has 6 heteroatoms. The van der Waals surface area contributed by atoms with Crippen molar-refractivity contribution in [3.63, 3.8) is 0 Å². The van der Waals surface area contributed by atoms with Gasteiger partial charge >= 0.3 is 0 Å². The van der Waals surface area contributed by atoms with Gasteiger partial charge in [0.15, 0.2) is 11.5 Å². The van der Waals surface area contributed by atoms with Gasteiger partial charge in [0.1, 0.15) is 5.70 Å². The number of hydrogen-bond donors (Lipinski definition) is 1. The third kappa shape index (κ3) is 2.69. The Labute approximate surface area is 151 Å². The molecule has 2 amide bonds. The lowest BCUT2D eigenvalue weighted by Crippen LogP contribution is -2.33. The molecule has 2 aromatic rings. The highest BCUT2D eigenvalue weighted by molar-refractivity contribution is 6.36. The van der Waals surface area contributed by atoms with E-state index in [1.54, 1.807) is 18.2 Å². The number of rotatable bonds is 5. The lowest BCUT2D eigenvalue weighted by molar-refractivity contribution is -0.136. The number of amides is 2. The van der Waals surface area contributed by atoms with Crippen LogP contribution in [0, 0.1) is 0 Å². The van der Waals surface area contributed by atoms with Crippen LogP contribution in [-0.2, 0) is 9.59 Å². The van der Waals surface area contributed by atoms with Crippen LogP contribution in [0.1, 0.15) is 18.9 Å². The quantitative estimate of drug-likeness (QED) is 0.840. The van der Waals surface area contributed by atoms with E-state index in [9.17, 15) is 9.59 Å². The monoisotopic (exact) mass is 350 g/mol. The molecule has 0 fully saturated rings. The number of ether oxygens (including phenoxy) is 2. The Morgan fingerprint density at radius 3 is 2.54 bits per heavy atom. The van der Waals surface area contributed by atoms with Crippen LogP contribution >= 0.6 is 0 Å². The van der Waals surface area contributed by atoms with E-state index in [2.05, 4.69) is 5.32 Å². The van der Waals surface area contributed by atoms with E-state index >= 15 is 0 Å². The summed E-state index contributed by atoms with van der Waals surface area (Å²) in [7, 11) is 0. The molecule has 4 rings (SSSR count). The summed E-state index contributed by atoms with van der Waals surface area (Å²) < 4.78 is 10.7. The first kappa shape index (κ1) is 16.2. The second-order valence-electron chi connectivity index (χ2n) is 6.07. The molecule has 0 radical (unpaired) electrons. The lowest BCUT2D eigenvalue weighted by Gasteiger charge is -2.13. The summed E-state index contributed by atoms with van der Waals surface area (Å²) in [4.78, 5) is 27.0. The van der Waals surface area contributed by atoms with Crippen LogP contribution in [0.4, 0.5) is 5.69 Å². The highest BCUT2D eigenvalue weighted by Gasteiger charge is 2.38. The van der Waals surface area contributed by atoms with E-state index in [-0.39, 0.29) is 24.3 Å². The van der Waals surface area contributed by atoms with E-state index in [4.69, 9.17) is 9.47 Å². The molecule has 0 aliphatic carbocycles. The van der Waals surface area contributed by atoms with Gasteiger partial charge < -0.3 is 14.8 Å². The molecular formula is C20H18N2O4. The van der Waals surface area contributed by atoms with Crippen LogP contribution < -0.4 is 14.8 Å². The number of benzene rings is 2. The largest absolute Gasteiger partial charge is 0.454 e. The molecule has 0 saturated carbocycles. The summed E-state index contributed by atoms with van der Waals surface area (Å²) >= 11 is 0. The summed E-state index contributed by atoms with van der Waals surface area (Å²) in [5.41, 5.74) is 2.06. The molecule has 2 aliphatic rings. The number of fused-ring (bicyclic) bond motifs is 1. The van der Waals surface area contributed by atoms with Gasteiger partial charge in [0.2, 0.25) is 6.79 Å². The molecule has 2 aromatic carbocycles. The number of nitrogens with one attached hydrogen (secondary N) is 1. The Bertz CT molecular complexity index is 905. The highest BCUT2D eigenvalue weighted by Crippen LogP contribution is 2.36. The number of anilines is 1. The molecule has 0 spiro atoms.